The third kappa shape index (κ3) is 2.39. The maximum Gasteiger partial charge on any atom is 0.320 e. The molecule has 90 valence electrons. The monoisotopic (exact) mass is 240 g/mol. The zero-order chi connectivity index (χ0) is 12.4. The number of rotatable bonds is 3. The van der Waals surface area contributed by atoms with Crippen LogP contribution >= 0.6 is 0 Å². The van der Waals surface area contributed by atoms with Crippen LogP contribution in [0.2, 0.25) is 0 Å². The Balaban J connectivity index is 2.25. The van der Waals surface area contributed by atoms with Crippen LogP contribution in [-0.2, 0) is 0 Å². The van der Waals surface area contributed by atoms with E-state index in [1.54, 1.807) is 6.92 Å². The van der Waals surface area contributed by atoms with Crippen LogP contribution in [0, 0.1) is 11.6 Å². The molecule has 0 amide bonds. The van der Waals surface area contributed by atoms with Crippen LogP contribution in [0.5, 0.6) is 0 Å². The maximum atomic E-state index is 13.3. The first-order chi connectivity index (χ1) is 8.08. The van der Waals surface area contributed by atoms with Gasteiger partial charge in [-0.15, -0.1) is 5.10 Å². The summed E-state index contributed by atoms with van der Waals surface area (Å²) in [5.74, 6) is -1.31. The van der Waals surface area contributed by atoms with E-state index in [9.17, 15) is 8.78 Å². The fourth-order valence-corrected chi connectivity index (χ4v) is 1.19. The summed E-state index contributed by atoms with van der Waals surface area (Å²) in [5.41, 5.74) is 5.17. The van der Waals surface area contributed by atoms with Gasteiger partial charge in [0.1, 0.15) is 17.3 Å². The predicted octanol–water partition coefficient (Wildman–Crippen LogP) is 2.11. The highest BCUT2D eigenvalue weighted by atomic mass is 19.1. The quantitative estimate of drug-likeness (QED) is 0.859. The van der Waals surface area contributed by atoms with Crippen LogP contribution in [0.1, 0.15) is 18.9 Å². The topological polar surface area (TPSA) is 77.0 Å². The molecule has 1 atom stereocenters. The number of hydrogen-bond acceptors (Lipinski definition) is 5. The number of nitrogens with zero attached hydrogens (tertiary/aromatic N) is 2. The summed E-state index contributed by atoms with van der Waals surface area (Å²) in [6.45, 7) is 1.65. The van der Waals surface area contributed by atoms with Gasteiger partial charge in [0, 0.05) is 0 Å². The van der Waals surface area contributed by atoms with Gasteiger partial charge < -0.3 is 15.5 Å². The summed E-state index contributed by atoms with van der Waals surface area (Å²) in [5, 5.41) is 9.57. The molecule has 5 nitrogen and oxygen atoms in total. The Kier molecular flexibility index (Phi) is 3.01. The van der Waals surface area contributed by atoms with Gasteiger partial charge in [0.05, 0.1) is 6.04 Å². The summed E-state index contributed by atoms with van der Waals surface area (Å²) in [4.78, 5) is 0. The Morgan fingerprint density at radius 1 is 1.29 bits per heavy atom. The fraction of sp³-hybridized carbons (Fsp3) is 0.200. The molecule has 1 aromatic heterocycles. The molecule has 2 aromatic rings. The average Bonchev–Trinajstić information content (AvgIpc) is 2.72. The second-order valence-electron chi connectivity index (χ2n) is 3.46. The average molecular weight is 240 g/mol. The van der Waals surface area contributed by atoms with Crippen molar-refractivity contribution in [1.82, 2.24) is 10.2 Å². The number of halogens is 2. The molecular formula is C10H10F2N4O. The summed E-state index contributed by atoms with van der Waals surface area (Å²) >= 11 is 0. The molecular weight excluding hydrogens is 230 g/mol. The van der Waals surface area contributed by atoms with Gasteiger partial charge in [0.2, 0.25) is 5.89 Å². The van der Waals surface area contributed by atoms with Gasteiger partial charge >= 0.3 is 6.01 Å². The van der Waals surface area contributed by atoms with Crippen LogP contribution in [-0.4, -0.2) is 10.2 Å². The predicted molar refractivity (Wildman–Crippen MR) is 56.5 cm³/mol. The third-order valence-corrected chi connectivity index (χ3v) is 2.02. The van der Waals surface area contributed by atoms with E-state index < -0.39 is 17.7 Å². The first-order valence-corrected chi connectivity index (χ1v) is 4.88. The minimum absolute atomic E-state index is 0.110. The summed E-state index contributed by atoms with van der Waals surface area (Å²) in [6, 6.07) is 2.95. The van der Waals surface area contributed by atoms with Crippen molar-refractivity contribution >= 4 is 11.7 Å². The zero-order valence-electron chi connectivity index (χ0n) is 8.95. The molecule has 1 aromatic carbocycles. The Morgan fingerprint density at radius 2 is 1.94 bits per heavy atom. The van der Waals surface area contributed by atoms with Gasteiger partial charge in [-0.1, -0.05) is 11.2 Å². The van der Waals surface area contributed by atoms with Crippen molar-refractivity contribution in [3.05, 3.63) is 35.7 Å². The van der Waals surface area contributed by atoms with Gasteiger partial charge in [-0.25, -0.2) is 8.78 Å². The smallest absolute Gasteiger partial charge is 0.320 e. The standard InChI is InChI=1S/C10H10F2N4O/c1-5(13)9-15-16-10(17-9)14-8-6(11)3-2-4-7(8)12/h2-5H,13H2,1H3,(H,14,16). The third-order valence-electron chi connectivity index (χ3n) is 2.02. The van der Waals surface area contributed by atoms with Crippen molar-refractivity contribution in [1.29, 1.82) is 0 Å². The molecule has 0 spiro atoms. The van der Waals surface area contributed by atoms with Crippen molar-refractivity contribution in [2.24, 2.45) is 5.73 Å². The van der Waals surface area contributed by atoms with E-state index in [1.807, 2.05) is 0 Å². The molecule has 0 aliphatic rings. The summed E-state index contributed by atoms with van der Waals surface area (Å²) in [6.07, 6.45) is 0. The fourth-order valence-electron chi connectivity index (χ4n) is 1.19. The SMILES string of the molecule is CC(N)c1nnc(Nc2c(F)cccc2F)o1. The molecule has 0 bridgehead atoms. The molecule has 17 heavy (non-hydrogen) atoms. The second-order valence-corrected chi connectivity index (χ2v) is 3.46. The Bertz CT molecular complexity index is 507. The van der Waals surface area contributed by atoms with Crippen LogP contribution < -0.4 is 11.1 Å². The number of aromatic nitrogens is 2. The number of nitrogens with one attached hydrogen (secondary N) is 1. The van der Waals surface area contributed by atoms with Gasteiger partial charge in [-0.2, -0.15) is 0 Å². The van der Waals surface area contributed by atoms with E-state index in [0.29, 0.717) is 0 Å². The molecule has 1 unspecified atom stereocenters. The van der Waals surface area contributed by atoms with Gasteiger partial charge in [0.15, 0.2) is 0 Å². The first kappa shape index (κ1) is 11.5. The van der Waals surface area contributed by atoms with E-state index in [1.165, 1.54) is 6.07 Å². The summed E-state index contributed by atoms with van der Waals surface area (Å²) < 4.78 is 31.6. The van der Waals surface area contributed by atoms with Gasteiger partial charge in [0.25, 0.3) is 0 Å². The normalized spacial score (nSPS) is 12.5. The van der Waals surface area contributed by atoms with E-state index in [-0.39, 0.29) is 17.6 Å². The van der Waals surface area contributed by atoms with Crippen LogP contribution in [0.3, 0.4) is 0 Å². The molecule has 7 heteroatoms. The molecule has 0 radical (unpaired) electrons. The van der Waals surface area contributed by atoms with E-state index >= 15 is 0 Å². The Hall–Kier alpha value is -2.02. The lowest BCUT2D eigenvalue weighted by Gasteiger charge is -2.03. The van der Waals surface area contributed by atoms with Crippen LogP contribution in [0.25, 0.3) is 0 Å². The Labute approximate surface area is 95.6 Å². The van der Waals surface area contributed by atoms with Crippen molar-refractivity contribution < 1.29 is 13.2 Å². The second kappa shape index (κ2) is 4.46. The number of nitrogens with two attached hydrogens (primary N) is 1. The lowest BCUT2D eigenvalue weighted by molar-refractivity contribution is 0.474. The minimum atomic E-state index is -0.745. The van der Waals surface area contributed by atoms with E-state index in [0.717, 1.165) is 12.1 Å². The highest BCUT2D eigenvalue weighted by Gasteiger charge is 2.14. The van der Waals surface area contributed by atoms with E-state index in [2.05, 4.69) is 15.5 Å². The molecule has 0 fully saturated rings. The zero-order valence-corrected chi connectivity index (χ0v) is 8.95. The molecule has 3 N–H and O–H groups in total. The first-order valence-electron chi connectivity index (χ1n) is 4.88. The molecule has 0 aliphatic heterocycles. The summed E-state index contributed by atoms with van der Waals surface area (Å²) in [7, 11) is 0. The number of anilines is 2. The van der Waals surface area contributed by atoms with Crippen molar-refractivity contribution in [3.8, 4) is 0 Å². The van der Waals surface area contributed by atoms with Gasteiger partial charge in [-0.3, -0.25) is 0 Å². The largest absolute Gasteiger partial charge is 0.406 e. The molecule has 1 heterocycles. The number of benzene rings is 1. The number of para-hydroxylation sites is 1. The Morgan fingerprint density at radius 3 is 2.47 bits per heavy atom. The molecule has 2 rings (SSSR count). The molecule has 0 saturated carbocycles. The molecule has 0 aliphatic carbocycles. The van der Waals surface area contributed by atoms with Gasteiger partial charge in [-0.05, 0) is 19.1 Å². The minimum Gasteiger partial charge on any atom is -0.406 e. The van der Waals surface area contributed by atoms with Crippen LogP contribution in [0.15, 0.2) is 22.6 Å². The molecule has 0 saturated heterocycles. The van der Waals surface area contributed by atoms with Crippen molar-refractivity contribution in [3.63, 3.8) is 0 Å². The van der Waals surface area contributed by atoms with Crippen molar-refractivity contribution in [2.75, 3.05) is 5.32 Å². The highest BCUT2D eigenvalue weighted by Crippen LogP contribution is 2.22. The van der Waals surface area contributed by atoms with Crippen molar-refractivity contribution in [2.45, 2.75) is 13.0 Å². The number of hydrogen-bond donors (Lipinski definition) is 2. The maximum absolute atomic E-state index is 13.3. The highest BCUT2D eigenvalue weighted by molar-refractivity contribution is 5.53. The van der Waals surface area contributed by atoms with E-state index in [4.69, 9.17) is 10.2 Å². The van der Waals surface area contributed by atoms with Crippen LogP contribution in [0.4, 0.5) is 20.5 Å². The lowest BCUT2D eigenvalue weighted by atomic mass is 10.3. The lowest BCUT2D eigenvalue weighted by Crippen LogP contribution is -2.04.